The first-order valence-corrected chi connectivity index (χ1v) is 6.38. The molecule has 1 aromatic rings. The van der Waals surface area contributed by atoms with Crippen LogP contribution in [0.3, 0.4) is 0 Å². The summed E-state index contributed by atoms with van der Waals surface area (Å²) in [5, 5.41) is 6.29. The SMILES string of the molecule is CC(=O)N1N=C(N)S[C@H]1c1ccc(Cl)c(Cl)c1. The summed E-state index contributed by atoms with van der Waals surface area (Å²) in [6.07, 6.45) is 0. The van der Waals surface area contributed by atoms with Crippen LogP contribution in [0, 0.1) is 0 Å². The molecule has 1 aromatic carbocycles. The van der Waals surface area contributed by atoms with Gasteiger partial charge in [0.1, 0.15) is 5.37 Å². The van der Waals surface area contributed by atoms with Gasteiger partial charge in [0.15, 0.2) is 5.17 Å². The fourth-order valence-electron chi connectivity index (χ4n) is 1.46. The number of amidine groups is 1. The second-order valence-electron chi connectivity index (χ2n) is 3.45. The van der Waals surface area contributed by atoms with Crippen molar-refractivity contribution >= 4 is 46.0 Å². The third-order valence-electron chi connectivity index (χ3n) is 2.21. The molecule has 0 aromatic heterocycles. The number of nitrogens with two attached hydrogens (primary N) is 1. The van der Waals surface area contributed by atoms with Crippen molar-refractivity contribution in [1.29, 1.82) is 0 Å². The third-order valence-corrected chi connectivity index (χ3v) is 3.97. The van der Waals surface area contributed by atoms with Gasteiger partial charge in [-0.05, 0) is 17.7 Å². The van der Waals surface area contributed by atoms with Crippen LogP contribution in [0.1, 0.15) is 17.9 Å². The van der Waals surface area contributed by atoms with Crippen LogP contribution in [0.5, 0.6) is 0 Å². The van der Waals surface area contributed by atoms with E-state index < -0.39 is 0 Å². The van der Waals surface area contributed by atoms with Crippen molar-refractivity contribution in [3.8, 4) is 0 Å². The molecule has 0 aliphatic carbocycles. The topological polar surface area (TPSA) is 58.7 Å². The van der Waals surface area contributed by atoms with Crippen molar-refractivity contribution < 1.29 is 4.79 Å². The van der Waals surface area contributed by atoms with Crippen molar-refractivity contribution in [3.63, 3.8) is 0 Å². The number of benzene rings is 1. The quantitative estimate of drug-likeness (QED) is 0.865. The lowest BCUT2D eigenvalue weighted by atomic mass is 10.2. The highest BCUT2D eigenvalue weighted by Crippen LogP contribution is 2.39. The normalized spacial score (nSPS) is 19.4. The number of nitrogens with zero attached hydrogens (tertiary/aromatic N) is 2. The van der Waals surface area contributed by atoms with E-state index in [4.69, 9.17) is 28.9 Å². The van der Waals surface area contributed by atoms with Gasteiger partial charge in [-0.15, -0.1) is 5.10 Å². The van der Waals surface area contributed by atoms with Gasteiger partial charge in [0, 0.05) is 6.92 Å². The van der Waals surface area contributed by atoms with Gasteiger partial charge in [-0.3, -0.25) is 4.79 Å². The lowest BCUT2D eigenvalue weighted by Gasteiger charge is -2.19. The Labute approximate surface area is 113 Å². The molecule has 0 bridgehead atoms. The van der Waals surface area contributed by atoms with Crippen molar-refractivity contribution in [2.24, 2.45) is 10.8 Å². The number of hydrazone groups is 1. The summed E-state index contributed by atoms with van der Waals surface area (Å²) in [4.78, 5) is 11.4. The van der Waals surface area contributed by atoms with Gasteiger partial charge < -0.3 is 5.73 Å². The molecular formula is C10H9Cl2N3OS. The van der Waals surface area contributed by atoms with Crippen molar-refractivity contribution in [1.82, 2.24) is 5.01 Å². The summed E-state index contributed by atoms with van der Waals surface area (Å²) in [5.74, 6) is -0.172. The summed E-state index contributed by atoms with van der Waals surface area (Å²) in [6, 6.07) is 5.20. The molecule has 4 nitrogen and oxygen atoms in total. The molecule has 7 heteroatoms. The van der Waals surface area contributed by atoms with Gasteiger partial charge >= 0.3 is 0 Å². The van der Waals surface area contributed by atoms with Crippen LogP contribution in [0.2, 0.25) is 10.0 Å². The number of amides is 1. The summed E-state index contributed by atoms with van der Waals surface area (Å²) in [7, 11) is 0. The predicted molar refractivity (Wildman–Crippen MR) is 70.9 cm³/mol. The minimum Gasteiger partial charge on any atom is -0.377 e. The molecule has 2 rings (SSSR count). The van der Waals surface area contributed by atoms with Gasteiger partial charge in [0.05, 0.1) is 10.0 Å². The predicted octanol–water partition coefficient (Wildman–Crippen LogP) is 2.82. The molecule has 1 aliphatic heterocycles. The molecule has 0 spiro atoms. The summed E-state index contributed by atoms with van der Waals surface area (Å²) in [6.45, 7) is 1.44. The summed E-state index contributed by atoms with van der Waals surface area (Å²) < 4.78 is 0. The Morgan fingerprint density at radius 3 is 2.76 bits per heavy atom. The Balaban J connectivity index is 2.34. The second-order valence-corrected chi connectivity index (χ2v) is 5.36. The first-order chi connectivity index (χ1) is 7.99. The Kier molecular flexibility index (Phi) is 3.51. The van der Waals surface area contributed by atoms with E-state index in [-0.39, 0.29) is 11.3 Å². The van der Waals surface area contributed by atoms with E-state index in [2.05, 4.69) is 5.10 Å². The van der Waals surface area contributed by atoms with Crippen LogP contribution in [-0.2, 0) is 4.79 Å². The Morgan fingerprint density at radius 2 is 2.18 bits per heavy atom. The van der Waals surface area contributed by atoms with Crippen LogP contribution in [0.15, 0.2) is 23.3 Å². The highest BCUT2D eigenvalue weighted by Gasteiger charge is 2.30. The minimum absolute atomic E-state index is 0.172. The number of carbonyl (C=O) groups excluding carboxylic acids is 1. The van der Waals surface area contributed by atoms with Gasteiger partial charge in [-0.2, -0.15) is 0 Å². The monoisotopic (exact) mass is 289 g/mol. The zero-order valence-corrected chi connectivity index (χ0v) is 11.2. The van der Waals surface area contributed by atoms with Crippen LogP contribution in [0.25, 0.3) is 0 Å². The average Bonchev–Trinajstić information content (AvgIpc) is 2.64. The van der Waals surface area contributed by atoms with Gasteiger partial charge in [-0.25, -0.2) is 5.01 Å². The number of thioether (sulfide) groups is 1. The molecule has 0 saturated carbocycles. The Hall–Kier alpha value is -0.910. The fourth-order valence-corrected chi connectivity index (χ4v) is 2.71. The van der Waals surface area contributed by atoms with E-state index in [1.54, 1.807) is 18.2 Å². The third kappa shape index (κ3) is 2.51. The number of halogens is 2. The first-order valence-electron chi connectivity index (χ1n) is 4.74. The molecule has 1 amide bonds. The lowest BCUT2D eigenvalue weighted by Crippen LogP contribution is -2.23. The molecular weight excluding hydrogens is 281 g/mol. The molecule has 0 fully saturated rings. The fraction of sp³-hybridized carbons (Fsp3) is 0.200. The van der Waals surface area contributed by atoms with Crippen LogP contribution < -0.4 is 5.73 Å². The molecule has 0 saturated heterocycles. The van der Waals surface area contributed by atoms with Crippen molar-refractivity contribution in [3.05, 3.63) is 33.8 Å². The molecule has 1 atom stereocenters. The number of carbonyl (C=O) groups is 1. The molecule has 0 radical (unpaired) electrons. The van der Waals surface area contributed by atoms with Gasteiger partial charge in [-0.1, -0.05) is 41.0 Å². The standard InChI is InChI=1S/C10H9Cl2N3OS/c1-5(16)15-9(17-10(13)14-15)6-2-3-7(11)8(12)4-6/h2-4,9H,1H3,(H2,13,14)/t9-/m0/s1. The van der Waals surface area contributed by atoms with E-state index in [9.17, 15) is 4.79 Å². The molecule has 2 N–H and O–H groups in total. The number of hydrogen-bond acceptors (Lipinski definition) is 4. The molecule has 17 heavy (non-hydrogen) atoms. The van der Waals surface area contributed by atoms with Crippen molar-refractivity contribution in [2.75, 3.05) is 0 Å². The zero-order chi connectivity index (χ0) is 12.6. The van der Waals surface area contributed by atoms with E-state index in [0.717, 1.165) is 5.56 Å². The number of hydrogen-bond donors (Lipinski definition) is 1. The average molecular weight is 290 g/mol. The van der Waals surface area contributed by atoms with Crippen LogP contribution in [0.4, 0.5) is 0 Å². The maximum absolute atomic E-state index is 11.4. The van der Waals surface area contributed by atoms with Crippen molar-refractivity contribution in [2.45, 2.75) is 12.3 Å². The summed E-state index contributed by atoms with van der Waals surface area (Å²) in [5.41, 5.74) is 6.46. The Bertz CT molecular complexity index is 506. The van der Waals surface area contributed by atoms with Crippen LogP contribution >= 0.6 is 35.0 Å². The first kappa shape index (κ1) is 12.5. The van der Waals surface area contributed by atoms with E-state index in [0.29, 0.717) is 15.2 Å². The molecule has 1 heterocycles. The van der Waals surface area contributed by atoms with Gasteiger partial charge in [0.25, 0.3) is 0 Å². The van der Waals surface area contributed by atoms with E-state index >= 15 is 0 Å². The van der Waals surface area contributed by atoms with E-state index in [1.165, 1.54) is 23.7 Å². The molecule has 1 aliphatic rings. The maximum atomic E-state index is 11.4. The molecule has 90 valence electrons. The Morgan fingerprint density at radius 1 is 1.47 bits per heavy atom. The zero-order valence-electron chi connectivity index (χ0n) is 8.85. The highest BCUT2D eigenvalue weighted by atomic mass is 35.5. The largest absolute Gasteiger partial charge is 0.377 e. The maximum Gasteiger partial charge on any atom is 0.241 e. The van der Waals surface area contributed by atoms with Gasteiger partial charge in [0.2, 0.25) is 5.91 Å². The number of rotatable bonds is 1. The minimum atomic E-state index is -0.276. The van der Waals surface area contributed by atoms with E-state index in [1.807, 2.05) is 0 Å². The van der Waals surface area contributed by atoms with Crippen LogP contribution in [-0.4, -0.2) is 16.1 Å². The lowest BCUT2D eigenvalue weighted by molar-refractivity contribution is -0.129. The second kappa shape index (κ2) is 4.76. The smallest absolute Gasteiger partial charge is 0.241 e. The summed E-state index contributed by atoms with van der Waals surface area (Å²) >= 11 is 13.1. The highest BCUT2D eigenvalue weighted by molar-refractivity contribution is 8.14. The molecule has 0 unspecified atom stereocenters.